The van der Waals surface area contributed by atoms with Gasteiger partial charge in [-0.3, -0.25) is 0 Å². The molecule has 0 fully saturated rings. The molecule has 26 aromatic carbocycles. The minimum absolute atomic E-state index is 0.638. The maximum Gasteiger partial charge on any atom is 0.164 e. The van der Waals surface area contributed by atoms with E-state index in [-0.39, 0.29) is 0 Å². The van der Waals surface area contributed by atoms with Gasteiger partial charge in [0, 0.05) is 50.1 Å². The molecule has 0 aliphatic rings. The van der Waals surface area contributed by atoms with E-state index in [1.54, 1.807) is 0 Å². The molecule has 9 nitrogen and oxygen atoms in total. The van der Waals surface area contributed by atoms with Gasteiger partial charge < -0.3 is 0 Å². The van der Waals surface area contributed by atoms with Crippen molar-refractivity contribution in [3.63, 3.8) is 0 Å². The number of hydrogen-bond donors (Lipinski definition) is 0. The second kappa shape index (κ2) is 38.5. The van der Waals surface area contributed by atoms with Gasteiger partial charge in [-0.2, -0.15) is 0 Å². The molecule has 0 radical (unpaired) electrons. The van der Waals surface area contributed by atoms with Gasteiger partial charge in [0.25, 0.3) is 0 Å². The van der Waals surface area contributed by atoms with E-state index in [2.05, 4.69) is 400 Å². The molecule has 0 aliphatic heterocycles. The van der Waals surface area contributed by atoms with Crippen LogP contribution in [0.5, 0.6) is 0 Å². The van der Waals surface area contributed by atoms with Gasteiger partial charge in [-0.05, 0) is 209 Å². The summed E-state index contributed by atoms with van der Waals surface area (Å²) in [5.41, 5.74) is 20.1. The highest BCUT2D eigenvalue weighted by Crippen LogP contribution is 2.49. The van der Waals surface area contributed by atoms with Gasteiger partial charge >= 0.3 is 0 Å². The smallest absolute Gasteiger partial charge is 0.164 e. The molecule has 0 aliphatic carbocycles. The molecule has 0 atom stereocenters. The Labute approximate surface area is 866 Å². The standard InChI is InChI=1S/2C49H31N3.C43H27N3/c1-3-15-32(16-4-1)36-19-7-14-26-43(36)49-51-47(34-17-5-2-6-18-34)50-48(52-49)35-29-27-33(28-30-35)44-31-45-39-22-9-8-20-37(39)38-21-10-12-24-41(38)46(45)42-25-13-11-23-40(42)44;1-3-14-32(15-4-1)36-18-13-19-37(30-36)49-51-47(34-16-5-2-6-17-34)50-48(52-49)35-28-26-33(27-29-35)44-31-45-40-22-8-7-20-38(40)39-21-9-11-24-42(39)46(45)43-25-12-10-23-41(43)44;1-3-13-29(14-4-1)41-44-42(30-15-5-2-6-16-30)46-43(45-41)31-25-23-28(24-26-31)38-27-39-34-19-8-7-17-32(34)33-18-9-11-21-36(33)40(39)37-22-12-10-20-35(37)38/h2*1-31H;1-27H. The maximum atomic E-state index is 5.12. The van der Waals surface area contributed by atoms with Crippen LogP contribution in [0.4, 0.5) is 0 Å². The zero-order valence-corrected chi connectivity index (χ0v) is 81.4. The van der Waals surface area contributed by atoms with E-state index in [4.69, 9.17) is 44.9 Å². The summed E-state index contributed by atoms with van der Waals surface area (Å²) in [6.07, 6.45) is 0. The normalized spacial score (nSPS) is 11.5. The van der Waals surface area contributed by atoms with Gasteiger partial charge in [-0.25, -0.2) is 44.9 Å². The molecule has 0 N–H and O–H groups in total. The average Bonchev–Trinajstić information content (AvgIpc) is 0.725. The first-order chi connectivity index (χ1) is 74.4. The first-order valence-corrected chi connectivity index (χ1v) is 50.8. The van der Waals surface area contributed by atoms with Crippen LogP contribution in [0.3, 0.4) is 0 Å². The molecule has 0 amide bonds. The Morgan fingerprint density at radius 1 is 0.0800 bits per heavy atom. The van der Waals surface area contributed by atoms with Gasteiger partial charge in [0.2, 0.25) is 0 Å². The van der Waals surface area contributed by atoms with Gasteiger partial charge in [0.15, 0.2) is 52.4 Å². The average molecular weight is 1910 g/mol. The van der Waals surface area contributed by atoms with Crippen LogP contribution < -0.4 is 0 Å². The fourth-order valence-corrected chi connectivity index (χ4v) is 22.1. The molecule has 150 heavy (non-hydrogen) atoms. The van der Waals surface area contributed by atoms with E-state index in [0.717, 1.165) is 89.0 Å². The Balaban J connectivity index is 0.000000111. The van der Waals surface area contributed by atoms with Crippen LogP contribution in [0.1, 0.15) is 0 Å². The van der Waals surface area contributed by atoms with Gasteiger partial charge in [0.1, 0.15) is 0 Å². The number of rotatable bonds is 14. The lowest BCUT2D eigenvalue weighted by atomic mass is 9.87. The molecule has 0 spiro atoms. The molecule has 0 saturated carbocycles. The maximum absolute atomic E-state index is 5.12. The summed E-state index contributed by atoms with van der Waals surface area (Å²) < 4.78 is 0. The Kier molecular flexibility index (Phi) is 22.8. The monoisotopic (exact) mass is 1910 g/mol. The van der Waals surface area contributed by atoms with Crippen molar-refractivity contribution >= 4 is 129 Å². The van der Waals surface area contributed by atoms with Crippen molar-refractivity contribution in [3.8, 4) is 158 Å². The highest BCUT2D eigenvalue weighted by molar-refractivity contribution is 6.36. The van der Waals surface area contributed by atoms with E-state index in [1.807, 2.05) is 140 Å². The summed E-state index contributed by atoms with van der Waals surface area (Å²) in [7, 11) is 0. The summed E-state index contributed by atoms with van der Waals surface area (Å²) in [5.74, 6) is 5.83. The highest BCUT2D eigenvalue weighted by atomic mass is 15.1. The molecule has 3 aromatic heterocycles. The Hall–Kier alpha value is -20.1. The quantitative estimate of drug-likeness (QED) is 0.0981. The fraction of sp³-hybridized carbons (Fsp3) is 0. The molecule has 29 rings (SSSR count). The zero-order valence-electron chi connectivity index (χ0n) is 81.4. The van der Waals surface area contributed by atoms with Crippen LogP contribution in [-0.2, 0) is 0 Å². The molecular formula is C141H89N9. The Morgan fingerprint density at radius 3 is 0.527 bits per heavy atom. The lowest BCUT2D eigenvalue weighted by Crippen LogP contribution is -2.01. The molecule has 0 bridgehead atoms. The lowest BCUT2D eigenvalue weighted by molar-refractivity contribution is 1.07. The summed E-state index contributed by atoms with van der Waals surface area (Å²) in [6.45, 7) is 0. The highest BCUT2D eigenvalue weighted by Gasteiger charge is 2.25. The van der Waals surface area contributed by atoms with Crippen LogP contribution in [0, 0.1) is 0 Å². The van der Waals surface area contributed by atoms with Crippen molar-refractivity contribution in [1.82, 2.24) is 44.9 Å². The second-order valence-corrected chi connectivity index (χ2v) is 37.9. The van der Waals surface area contributed by atoms with E-state index in [1.165, 1.54) is 146 Å². The summed E-state index contributed by atoms with van der Waals surface area (Å²) in [6, 6.07) is 190. The van der Waals surface area contributed by atoms with Gasteiger partial charge in [-0.1, -0.05) is 516 Å². The molecule has 698 valence electrons. The SMILES string of the molecule is c1ccc(-c2cccc(-c3nc(-c4ccccc4)nc(-c4ccc(-c5cc6c7ccccc7c7ccccc7c6c6ccccc56)cc4)n3)c2)cc1.c1ccc(-c2nc(-c3ccc(-c4cc5c6ccccc6c6ccccc6c5c5ccccc45)cc3)nc(-c3ccccc3-c3ccccc3)n2)cc1.c1ccc(-c2nc(-c3ccccc3)nc(-c3ccc(-c4cc5c6ccccc6c6ccccc6c5c5ccccc45)cc3)n2)cc1. The lowest BCUT2D eigenvalue weighted by Gasteiger charge is -2.16. The van der Waals surface area contributed by atoms with Crippen LogP contribution in [-0.4, -0.2) is 44.9 Å². The third kappa shape index (κ3) is 16.4. The van der Waals surface area contributed by atoms with Crippen LogP contribution >= 0.6 is 0 Å². The van der Waals surface area contributed by atoms with E-state index in [0.29, 0.717) is 52.4 Å². The predicted molar refractivity (Wildman–Crippen MR) is 626 cm³/mol. The van der Waals surface area contributed by atoms with Crippen molar-refractivity contribution in [1.29, 1.82) is 0 Å². The number of nitrogens with zero attached hydrogens (tertiary/aromatic N) is 9. The number of aromatic nitrogens is 9. The number of hydrogen-bond acceptors (Lipinski definition) is 9. The first kappa shape index (κ1) is 88.8. The van der Waals surface area contributed by atoms with Crippen molar-refractivity contribution in [2.45, 2.75) is 0 Å². The molecule has 3 heterocycles. The minimum atomic E-state index is 0.638. The Bertz CT molecular complexity index is 10200. The fourth-order valence-electron chi connectivity index (χ4n) is 22.1. The molecule has 29 aromatic rings. The third-order valence-corrected chi connectivity index (χ3v) is 29.1. The van der Waals surface area contributed by atoms with E-state index < -0.39 is 0 Å². The van der Waals surface area contributed by atoms with Crippen molar-refractivity contribution in [3.05, 3.63) is 540 Å². The van der Waals surface area contributed by atoms with Crippen LogP contribution in [0.15, 0.2) is 540 Å². The Morgan fingerprint density at radius 2 is 0.247 bits per heavy atom. The van der Waals surface area contributed by atoms with E-state index in [9.17, 15) is 0 Å². The molecular weight excluding hydrogens is 1820 g/mol. The van der Waals surface area contributed by atoms with Gasteiger partial charge in [-0.15, -0.1) is 0 Å². The largest absolute Gasteiger partial charge is 0.208 e. The first-order valence-electron chi connectivity index (χ1n) is 50.8. The summed E-state index contributed by atoms with van der Waals surface area (Å²) >= 11 is 0. The van der Waals surface area contributed by atoms with Crippen LogP contribution in [0.25, 0.3) is 287 Å². The molecule has 9 heteroatoms. The number of benzene rings is 26. The third-order valence-electron chi connectivity index (χ3n) is 29.1. The topological polar surface area (TPSA) is 116 Å². The predicted octanol–water partition coefficient (Wildman–Crippen LogP) is 36.8. The minimum Gasteiger partial charge on any atom is -0.208 e. The van der Waals surface area contributed by atoms with Crippen molar-refractivity contribution in [2.24, 2.45) is 0 Å². The van der Waals surface area contributed by atoms with Crippen molar-refractivity contribution < 1.29 is 0 Å². The van der Waals surface area contributed by atoms with E-state index >= 15 is 0 Å². The summed E-state index contributed by atoms with van der Waals surface area (Å²) in [4.78, 5) is 45.0. The molecule has 0 unspecified atom stereocenters. The molecule has 0 saturated heterocycles. The number of fused-ring (bicyclic) bond motifs is 24. The zero-order chi connectivity index (χ0) is 99.3. The second-order valence-electron chi connectivity index (χ2n) is 37.9. The van der Waals surface area contributed by atoms with Crippen LogP contribution in [0.2, 0.25) is 0 Å². The summed E-state index contributed by atoms with van der Waals surface area (Å²) in [5, 5.41) is 30.5. The van der Waals surface area contributed by atoms with Crippen molar-refractivity contribution in [2.75, 3.05) is 0 Å². The van der Waals surface area contributed by atoms with Gasteiger partial charge in [0.05, 0.1) is 0 Å².